The minimum Gasteiger partial charge on any atom is -0.768 e. The fraction of sp³-hybridized carbons (Fsp3) is 0.250. The van der Waals surface area contributed by atoms with Crippen LogP contribution in [0.1, 0.15) is 6.23 Å². The molecule has 33 heavy (non-hydrogen) atoms. The zero-order chi connectivity index (χ0) is 24.8. The molecule has 3 rings (SSSR count). The molecule has 0 aliphatic carbocycles. The highest BCUT2D eigenvalue weighted by Crippen LogP contribution is 2.62. The minimum atomic E-state index is -6.03. The van der Waals surface area contributed by atoms with Crippen LogP contribution in [0.2, 0.25) is 0 Å². The SMILES string of the molecule is C#CP(=O)([O-])OP(=O)([O-])OP(=O)([O-])OCC1=C(O)C(O)[C@H](n2cnc3c(=O)[nH]c(N)nc32)O1. The van der Waals surface area contributed by atoms with Crippen LogP contribution in [0.25, 0.3) is 11.2 Å². The molecular formula is C12H11N5O13P3-3. The van der Waals surface area contributed by atoms with Gasteiger partial charge in [-0.25, -0.2) is 9.29 Å². The highest BCUT2D eigenvalue weighted by molar-refractivity contribution is 7.69. The number of rotatable bonds is 8. The first-order chi connectivity index (χ1) is 15.1. The molecule has 0 saturated carbocycles. The molecule has 0 amide bonds. The summed E-state index contributed by atoms with van der Waals surface area (Å²) in [6.45, 7) is -1.22. The number of nitrogens with zero attached hydrogens (tertiary/aromatic N) is 3. The Labute approximate surface area is 182 Å². The number of nitrogen functional groups attached to an aromatic ring is 1. The van der Waals surface area contributed by atoms with E-state index in [9.17, 15) is 43.4 Å². The lowest BCUT2D eigenvalue weighted by atomic mass is 10.2. The maximum absolute atomic E-state index is 11.9. The number of terminal acetylenes is 1. The number of imidazole rings is 1. The fourth-order valence-corrected chi connectivity index (χ4v) is 5.54. The second-order valence-electron chi connectivity index (χ2n) is 5.99. The molecule has 1 aliphatic heterocycles. The van der Waals surface area contributed by atoms with Gasteiger partial charge in [-0.2, -0.15) is 4.98 Å². The van der Waals surface area contributed by atoms with Gasteiger partial charge in [0.1, 0.15) is 12.9 Å². The van der Waals surface area contributed by atoms with Crippen LogP contribution >= 0.6 is 23.2 Å². The van der Waals surface area contributed by atoms with Crippen LogP contribution in [0.15, 0.2) is 22.6 Å². The number of fused-ring (bicyclic) bond motifs is 1. The summed E-state index contributed by atoms with van der Waals surface area (Å²) in [5, 5.41) is 20.2. The van der Waals surface area contributed by atoms with Crippen molar-refractivity contribution in [3.05, 3.63) is 28.2 Å². The predicted molar refractivity (Wildman–Crippen MR) is 98.1 cm³/mol. The molecule has 0 aromatic carbocycles. The number of nitrogens with two attached hydrogens (primary N) is 1. The Hall–Kier alpha value is -2.54. The first-order valence-corrected chi connectivity index (χ1v) is 12.6. The van der Waals surface area contributed by atoms with Gasteiger partial charge >= 0.3 is 0 Å². The number of aliphatic hydroxyl groups excluding tert-OH is 2. The van der Waals surface area contributed by atoms with E-state index in [2.05, 4.69) is 34.5 Å². The standard InChI is InChI=1S/C12H14N5O13P3/c1-2-31(21,22)29-33(25,26)30-32(23,24)27-3-5-7(18)8(19)11(28-5)17-4-14-6-9(17)15-12(13)16-10(6)20/h1,4,8,11,18-19H,3H2,(H,21,22)(H,23,24)(H,25,26)(H3,13,15,16,20)/p-3/t8?,11-/m1/s1. The highest BCUT2D eigenvalue weighted by Gasteiger charge is 2.39. The van der Waals surface area contributed by atoms with Crippen molar-refractivity contribution in [2.45, 2.75) is 12.3 Å². The first-order valence-electron chi connectivity index (χ1n) is 8.12. The summed E-state index contributed by atoms with van der Waals surface area (Å²) in [7, 11) is -17.2. The molecule has 21 heteroatoms. The van der Waals surface area contributed by atoms with Crippen LogP contribution in [0, 0.1) is 12.1 Å². The van der Waals surface area contributed by atoms with Crippen molar-refractivity contribution in [2.24, 2.45) is 0 Å². The summed E-state index contributed by atoms with van der Waals surface area (Å²) < 4.78 is 51.5. The molecule has 2 aromatic heterocycles. The van der Waals surface area contributed by atoms with Gasteiger partial charge in [-0.05, 0) is 5.66 Å². The molecule has 2 aromatic rings. The van der Waals surface area contributed by atoms with Crippen molar-refractivity contribution in [3.8, 4) is 12.1 Å². The van der Waals surface area contributed by atoms with Crippen LogP contribution < -0.4 is 26.0 Å². The molecular weight excluding hydrogens is 515 g/mol. The second-order valence-corrected chi connectivity index (χ2v) is 10.6. The van der Waals surface area contributed by atoms with Crippen LogP contribution in [0.4, 0.5) is 5.95 Å². The molecule has 0 fully saturated rings. The summed E-state index contributed by atoms with van der Waals surface area (Å²) in [6.07, 6.45) is 2.14. The molecule has 4 unspecified atom stereocenters. The smallest absolute Gasteiger partial charge is 0.280 e. The van der Waals surface area contributed by atoms with Gasteiger partial charge in [0, 0.05) is 0 Å². The minimum absolute atomic E-state index is 0.159. The van der Waals surface area contributed by atoms with E-state index in [-0.39, 0.29) is 17.1 Å². The zero-order valence-electron chi connectivity index (χ0n) is 15.7. The van der Waals surface area contributed by atoms with Gasteiger partial charge in [-0.1, -0.05) is 0 Å². The van der Waals surface area contributed by atoms with E-state index in [1.807, 2.05) is 0 Å². The number of aromatic nitrogens is 4. The van der Waals surface area contributed by atoms with Gasteiger partial charge < -0.3 is 39.9 Å². The van der Waals surface area contributed by atoms with E-state index in [4.69, 9.17) is 10.5 Å². The van der Waals surface area contributed by atoms with Crippen molar-refractivity contribution in [1.82, 2.24) is 19.5 Å². The van der Waals surface area contributed by atoms with Crippen LogP contribution in [0.5, 0.6) is 0 Å². The number of hydrogen-bond acceptors (Lipinski definition) is 16. The van der Waals surface area contributed by atoms with Crippen molar-refractivity contribution >= 4 is 40.4 Å². The largest absolute Gasteiger partial charge is 0.768 e. The molecule has 1 aliphatic rings. The molecule has 0 bridgehead atoms. The second kappa shape index (κ2) is 8.67. The molecule has 180 valence electrons. The van der Waals surface area contributed by atoms with Crippen LogP contribution in [-0.4, -0.2) is 42.4 Å². The van der Waals surface area contributed by atoms with Gasteiger partial charge in [0.2, 0.25) is 19.8 Å². The van der Waals surface area contributed by atoms with Gasteiger partial charge in [0.05, 0.1) is 0 Å². The lowest BCUT2D eigenvalue weighted by Crippen LogP contribution is -2.23. The number of phosphoric ester groups is 1. The third kappa shape index (κ3) is 5.52. The molecule has 0 radical (unpaired) electrons. The average Bonchev–Trinajstić information content (AvgIpc) is 3.20. The topological polar surface area (TPSA) is 287 Å². The highest BCUT2D eigenvalue weighted by atomic mass is 31.3. The lowest BCUT2D eigenvalue weighted by molar-refractivity contribution is -0.244. The molecule has 3 heterocycles. The Morgan fingerprint density at radius 3 is 2.61 bits per heavy atom. The number of phosphoric acid groups is 2. The summed E-state index contributed by atoms with van der Waals surface area (Å²) in [4.78, 5) is 55.7. The molecule has 0 saturated heterocycles. The Balaban J connectivity index is 1.74. The normalized spacial score (nSPS) is 24.0. The van der Waals surface area contributed by atoms with E-state index in [1.165, 1.54) is 0 Å². The number of anilines is 1. The van der Waals surface area contributed by atoms with Gasteiger partial charge in [-0.15, -0.1) is 6.42 Å². The van der Waals surface area contributed by atoms with Crippen LogP contribution in [0.3, 0.4) is 0 Å². The summed E-state index contributed by atoms with van der Waals surface area (Å²) in [5.74, 6) is -1.94. The third-order valence-electron chi connectivity index (χ3n) is 3.74. The maximum Gasteiger partial charge on any atom is 0.280 e. The number of hydrogen-bond donors (Lipinski definition) is 4. The number of aliphatic hydroxyl groups is 2. The van der Waals surface area contributed by atoms with Crippen molar-refractivity contribution in [2.75, 3.05) is 12.3 Å². The fourth-order valence-electron chi connectivity index (χ4n) is 2.47. The Kier molecular flexibility index (Phi) is 6.59. The monoisotopic (exact) mass is 526 g/mol. The van der Waals surface area contributed by atoms with Gasteiger partial charge in [-0.3, -0.25) is 32.4 Å². The number of ether oxygens (including phenoxy) is 1. The zero-order valence-corrected chi connectivity index (χ0v) is 18.3. The van der Waals surface area contributed by atoms with Gasteiger partial charge in [0.25, 0.3) is 21.2 Å². The summed E-state index contributed by atoms with van der Waals surface area (Å²) in [5.41, 5.74) is 5.35. The lowest BCUT2D eigenvalue weighted by Gasteiger charge is -2.32. The van der Waals surface area contributed by atoms with E-state index in [1.54, 1.807) is 0 Å². The number of H-pyrrole nitrogens is 1. The summed E-state index contributed by atoms with van der Waals surface area (Å²) in [6, 6.07) is 0. The summed E-state index contributed by atoms with van der Waals surface area (Å²) >= 11 is 0. The Morgan fingerprint density at radius 1 is 1.30 bits per heavy atom. The van der Waals surface area contributed by atoms with E-state index >= 15 is 0 Å². The average molecular weight is 526 g/mol. The Bertz CT molecular complexity index is 1380. The van der Waals surface area contributed by atoms with E-state index < -0.39 is 59.3 Å². The van der Waals surface area contributed by atoms with E-state index in [0.29, 0.717) is 0 Å². The quantitative estimate of drug-likeness (QED) is 0.204. The van der Waals surface area contributed by atoms with Crippen LogP contribution in [-0.2, 0) is 31.6 Å². The molecule has 0 spiro atoms. The molecule has 18 nitrogen and oxygen atoms in total. The first kappa shape index (κ1) is 25.1. The third-order valence-corrected chi connectivity index (χ3v) is 7.76. The number of aromatic amines is 1. The molecule has 5 N–H and O–H groups in total. The van der Waals surface area contributed by atoms with Crippen molar-refractivity contribution in [1.29, 1.82) is 0 Å². The predicted octanol–water partition coefficient (Wildman–Crippen LogP) is -2.51. The van der Waals surface area contributed by atoms with E-state index in [0.717, 1.165) is 16.6 Å². The Morgan fingerprint density at radius 2 is 1.97 bits per heavy atom. The van der Waals surface area contributed by atoms with Crippen molar-refractivity contribution in [3.63, 3.8) is 0 Å². The number of nitrogens with one attached hydrogen (secondary N) is 1. The van der Waals surface area contributed by atoms with Crippen molar-refractivity contribution < 1.29 is 56.5 Å². The van der Waals surface area contributed by atoms with Gasteiger partial charge in [0.15, 0.2) is 28.8 Å². The molecule has 5 atom stereocenters. The maximum atomic E-state index is 11.9.